The predicted octanol–water partition coefficient (Wildman–Crippen LogP) is 4.24. The summed E-state index contributed by atoms with van der Waals surface area (Å²) in [5.41, 5.74) is 5.48. The lowest BCUT2D eigenvalue weighted by molar-refractivity contribution is -0.115. The molecule has 2 N–H and O–H groups in total. The van der Waals surface area contributed by atoms with Gasteiger partial charge in [-0.3, -0.25) is 9.59 Å². The van der Waals surface area contributed by atoms with Gasteiger partial charge < -0.3 is 15.1 Å². The first-order chi connectivity index (χ1) is 13.0. The van der Waals surface area contributed by atoms with E-state index < -0.39 is 5.91 Å². The highest BCUT2D eigenvalue weighted by Gasteiger charge is 2.17. The second-order valence-electron chi connectivity index (χ2n) is 6.53. The molecule has 0 unspecified atom stereocenters. The molecule has 1 heterocycles. The van der Waals surface area contributed by atoms with Gasteiger partial charge in [-0.2, -0.15) is 0 Å². The lowest BCUT2D eigenvalue weighted by atomic mass is 10.1. The molecule has 3 rings (SSSR count). The molecule has 2 amide bonds. The molecule has 0 atom stereocenters. The van der Waals surface area contributed by atoms with Crippen LogP contribution < -0.4 is 10.6 Å². The summed E-state index contributed by atoms with van der Waals surface area (Å²) >= 11 is 0. The molecule has 0 spiro atoms. The highest BCUT2D eigenvalue weighted by molar-refractivity contribution is 6.01. The molecule has 0 bridgehead atoms. The predicted molar refractivity (Wildman–Crippen MR) is 106 cm³/mol. The fraction of sp³-hybridized carbons (Fsp3) is 0.182. The number of benzene rings is 2. The highest BCUT2D eigenvalue weighted by atomic mass is 16.3. The average molecular weight is 362 g/mol. The summed E-state index contributed by atoms with van der Waals surface area (Å²) < 4.78 is 5.34. The van der Waals surface area contributed by atoms with Crippen LogP contribution in [0.2, 0.25) is 0 Å². The normalized spacial score (nSPS) is 10.5. The summed E-state index contributed by atoms with van der Waals surface area (Å²) in [5.74, 6) is -0.519. The quantitative estimate of drug-likeness (QED) is 0.713. The molecule has 0 aliphatic rings. The van der Waals surface area contributed by atoms with Gasteiger partial charge in [-0.25, -0.2) is 0 Å². The van der Waals surface area contributed by atoms with Crippen LogP contribution in [-0.2, 0) is 4.79 Å². The molecule has 3 aromatic rings. The summed E-state index contributed by atoms with van der Waals surface area (Å²) in [6.07, 6.45) is 1.47. The van der Waals surface area contributed by atoms with Crippen molar-refractivity contribution in [3.63, 3.8) is 0 Å². The Balaban J connectivity index is 1.65. The summed E-state index contributed by atoms with van der Waals surface area (Å²) in [7, 11) is 0. The number of aryl methyl sites for hydroxylation is 3. The Bertz CT molecular complexity index is 951. The van der Waals surface area contributed by atoms with Crippen LogP contribution in [0, 0.1) is 20.8 Å². The third-order valence-corrected chi connectivity index (χ3v) is 4.31. The number of furan rings is 1. The van der Waals surface area contributed by atoms with Crippen molar-refractivity contribution in [3.8, 4) is 11.1 Å². The van der Waals surface area contributed by atoms with Gasteiger partial charge in [-0.05, 0) is 43.5 Å². The zero-order chi connectivity index (χ0) is 19.4. The summed E-state index contributed by atoms with van der Waals surface area (Å²) in [5, 5.41) is 5.49. The van der Waals surface area contributed by atoms with E-state index in [1.165, 1.54) is 6.26 Å². The molecular formula is C22H22N2O3. The van der Waals surface area contributed by atoms with Gasteiger partial charge in [0.2, 0.25) is 5.91 Å². The number of nitrogens with one attached hydrogen (secondary N) is 2. The Kier molecular flexibility index (Phi) is 5.41. The molecule has 2 aromatic carbocycles. The fourth-order valence-electron chi connectivity index (χ4n) is 3.13. The Hall–Kier alpha value is -3.34. The van der Waals surface area contributed by atoms with Gasteiger partial charge in [-0.15, -0.1) is 0 Å². The van der Waals surface area contributed by atoms with E-state index in [-0.39, 0.29) is 18.2 Å². The van der Waals surface area contributed by atoms with Crippen molar-refractivity contribution in [2.75, 3.05) is 11.9 Å². The monoisotopic (exact) mass is 362 g/mol. The minimum atomic E-state index is -0.425. The number of rotatable bonds is 5. The second kappa shape index (κ2) is 7.91. The van der Waals surface area contributed by atoms with Gasteiger partial charge in [0.25, 0.3) is 5.91 Å². The van der Waals surface area contributed by atoms with Crippen LogP contribution in [0.5, 0.6) is 0 Å². The molecule has 27 heavy (non-hydrogen) atoms. The molecule has 5 nitrogen and oxygen atoms in total. The minimum absolute atomic E-state index is 0.138. The van der Waals surface area contributed by atoms with Crippen LogP contribution in [0.15, 0.2) is 59.2 Å². The van der Waals surface area contributed by atoms with Crippen LogP contribution in [0.3, 0.4) is 0 Å². The molecule has 0 aliphatic carbocycles. The van der Waals surface area contributed by atoms with E-state index >= 15 is 0 Å². The van der Waals surface area contributed by atoms with Crippen LogP contribution >= 0.6 is 0 Å². The number of carbonyl (C=O) groups is 2. The van der Waals surface area contributed by atoms with Gasteiger partial charge in [0.1, 0.15) is 0 Å². The topological polar surface area (TPSA) is 71.3 Å². The summed E-state index contributed by atoms with van der Waals surface area (Å²) in [4.78, 5) is 24.7. The SMILES string of the molecule is Cc1cc(C)c(NC(=O)CNC(=O)c2occc2-c2ccccc2)c(C)c1. The molecule has 1 aromatic heterocycles. The molecular weight excluding hydrogens is 340 g/mol. The van der Waals surface area contributed by atoms with Crippen LogP contribution in [0.1, 0.15) is 27.2 Å². The van der Waals surface area contributed by atoms with Crippen LogP contribution in [0.25, 0.3) is 11.1 Å². The molecule has 0 saturated carbocycles. The van der Waals surface area contributed by atoms with E-state index in [1.807, 2.05) is 63.2 Å². The third kappa shape index (κ3) is 4.26. The van der Waals surface area contributed by atoms with Crippen molar-refractivity contribution in [2.24, 2.45) is 0 Å². The van der Waals surface area contributed by atoms with Crippen molar-refractivity contribution in [1.82, 2.24) is 5.32 Å². The first-order valence-electron chi connectivity index (χ1n) is 8.74. The van der Waals surface area contributed by atoms with Crippen LogP contribution in [-0.4, -0.2) is 18.4 Å². The average Bonchev–Trinajstić information content (AvgIpc) is 3.13. The van der Waals surface area contributed by atoms with E-state index in [9.17, 15) is 9.59 Å². The first kappa shape index (κ1) is 18.5. The summed E-state index contributed by atoms with van der Waals surface area (Å²) in [6.45, 7) is 5.77. The van der Waals surface area contributed by atoms with Crippen molar-refractivity contribution in [3.05, 3.63) is 77.2 Å². The number of hydrogen-bond acceptors (Lipinski definition) is 3. The third-order valence-electron chi connectivity index (χ3n) is 4.31. The molecule has 0 fully saturated rings. The molecule has 138 valence electrons. The Morgan fingerprint density at radius 1 is 0.963 bits per heavy atom. The zero-order valence-electron chi connectivity index (χ0n) is 15.6. The largest absolute Gasteiger partial charge is 0.459 e. The molecule has 0 saturated heterocycles. The molecule has 0 radical (unpaired) electrons. The maximum atomic E-state index is 12.5. The van der Waals surface area contributed by atoms with Gasteiger partial charge in [0.15, 0.2) is 5.76 Å². The van der Waals surface area contributed by atoms with E-state index in [0.717, 1.165) is 27.9 Å². The van der Waals surface area contributed by atoms with Gasteiger partial charge >= 0.3 is 0 Å². The Morgan fingerprint density at radius 2 is 1.63 bits per heavy atom. The second-order valence-corrected chi connectivity index (χ2v) is 6.53. The standard InChI is InChI=1S/C22H22N2O3/c1-14-11-15(2)20(16(3)12-14)24-19(25)13-23-22(26)21-18(9-10-27-21)17-7-5-4-6-8-17/h4-12H,13H2,1-3H3,(H,23,26)(H,24,25). The lowest BCUT2D eigenvalue weighted by Crippen LogP contribution is -2.33. The smallest absolute Gasteiger partial charge is 0.288 e. The van der Waals surface area contributed by atoms with Crippen molar-refractivity contribution in [1.29, 1.82) is 0 Å². The maximum absolute atomic E-state index is 12.5. The van der Waals surface area contributed by atoms with E-state index in [0.29, 0.717) is 5.56 Å². The van der Waals surface area contributed by atoms with Gasteiger partial charge in [0.05, 0.1) is 12.8 Å². The van der Waals surface area contributed by atoms with Crippen molar-refractivity contribution in [2.45, 2.75) is 20.8 Å². The van der Waals surface area contributed by atoms with E-state index in [2.05, 4.69) is 10.6 Å². The van der Waals surface area contributed by atoms with Gasteiger partial charge in [-0.1, -0.05) is 48.0 Å². The fourth-order valence-corrected chi connectivity index (χ4v) is 3.13. The minimum Gasteiger partial charge on any atom is -0.459 e. The van der Waals surface area contributed by atoms with E-state index in [4.69, 9.17) is 4.42 Å². The summed E-state index contributed by atoms with van der Waals surface area (Å²) in [6, 6.07) is 15.3. The first-order valence-corrected chi connectivity index (χ1v) is 8.74. The molecule has 0 aliphatic heterocycles. The number of amides is 2. The van der Waals surface area contributed by atoms with E-state index in [1.54, 1.807) is 6.07 Å². The number of anilines is 1. The number of hydrogen-bond donors (Lipinski definition) is 2. The van der Waals surface area contributed by atoms with Crippen molar-refractivity contribution < 1.29 is 14.0 Å². The molecule has 5 heteroatoms. The lowest BCUT2D eigenvalue weighted by Gasteiger charge is -2.13. The van der Waals surface area contributed by atoms with Crippen molar-refractivity contribution >= 4 is 17.5 Å². The Morgan fingerprint density at radius 3 is 2.30 bits per heavy atom. The number of carbonyl (C=O) groups excluding carboxylic acids is 2. The van der Waals surface area contributed by atoms with Crippen LogP contribution in [0.4, 0.5) is 5.69 Å². The van der Waals surface area contributed by atoms with Gasteiger partial charge in [0, 0.05) is 11.3 Å². The Labute approximate surface area is 158 Å². The maximum Gasteiger partial charge on any atom is 0.288 e. The zero-order valence-corrected chi connectivity index (χ0v) is 15.6. The highest BCUT2D eigenvalue weighted by Crippen LogP contribution is 2.24.